The van der Waals surface area contributed by atoms with Gasteiger partial charge in [0.15, 0.2) is 5.58 Å². The molecule has 5 rings (SSSR count). The SMILES string of the molecule is O=NC1CCc2cc(Nc3c(C(=O)Nc4cccnc4)oc4cnccc34)ccc21. The maximum absolute atomic E-state index is 12.9. The van der Waals surface area contributed by atoms with Gasteiger partial charge in [0.1, 0.15) is 6.04 Å². The van der Waals surface area contributed by atoms with Gasteiger partial charge in [-0.05, 0) is 54.3 Å². The molecule has 1 unspecified atom stereocenters. The third kappa shape index (κ3) is 3.18. The highest BCUT2D eigenvalue weighted by atomic mass is 16.3. The molecule has 0 aliphatic heterocycles. The number of nitrogens with one attached hydrogen (secondary N) is 2. The monoisotopic (exact) mass is 399 g/mol. The molecule has 1 atom stereocenters. The van der Waals surface area contributed by atoms with Crippen LogP contribution in [0.25, 0.3) is 11.0 Å². The number of nitrogens with zero attached hydrogens (tertiary/aromatic N) is 3. The van der Waals surface area contributed by atoms with Crippen LogP contribution in [-0.4, -0.2) is 15.9 Å². The molecule has 2 N–H and O–H groups in total. The van der Waals surface area contributed by atoms with Crippen molar-refractivity contribution in [3.63, 3.8) is 0 Å². The van der Waals surface area contributed by atoms with Crippen LogP contribution in [0.2, 0.25) is 0 Å². The summed E-state index contributed by atoms with van der Waals surface area (Å²) in [6.07, 6.45) is 7.94. The van der Waals surface area contributed by atoms with Gasteiger partial charge < -0.3 is 15.1 Å². The van der Waals surface area contributed by atoms with Crippen molar-refractivity contribution < 1.29 is 9.21 Å². The fourth-order valence-electron chi connectivity index (χ4n) is 3.79. The zero-order chi connectivity index (χ0) is 20.5. The lowest BCUT2D eigenvalue weighted by Gasteiger charge is -2.10. The van der Waals surface area contributed by atoms with Gasteiger partial charge in [-0.3, -0.25) is 14.8 Å². The Hall–Kier alpha value is -4.07. The number of fused-ring (bicyclic) bond motifs is 2. The van der Waals surface area contributed by atoms with Gasteiger partial charge in [-0.15, -0.1) is 0 Å². The van der Waals surface area contributed by atoms with E-state index in [-0.39, 0.29) is 11.8 Å². The second-order valence-corrected chi connectivity index (χ2v) is 7.07. The van der Waals surface area contributed by atoms with Crippen LogP contribution >= 0.6 is 0 Å². The summed E-state index contributed by atoms with van der Waals surface area (Å²) in [6.45, 7) is 0. The predicted octanol–water partition coefficient (Wildman–Crippen LogP) is 4.97. The molecule has 4 aromatic rings. The number of hydrogen-bond acceptors (Lipinski definition) is 7. The molecular formula is C22H17N5O3. The molecule has 0 saturated heterocycles. The Morgan fingerprint density at radius 1 is 1.10 bits per heavy atom. The molecule has 0 saturated carbocycles. The van der Waals surface area contributed by atoms with Crippen LogP contribution in [0.5, 0.6) is 0 Å². The Kier molecular flexibility index (Phi) is 4.44. The van der Waals surface area contributed by atoms with E-state index < -0.39 is 5.91 Å². The van der Waals surface area contributed by atoms with Gasteiger partial charge in [0.25, 0.3) is 5.91 Å². The first-order chi connectivity index (χ1) is 14.7. The van der Waals surface area contributed by atoms with E-state index in [1.54, 1.807) is 43.0 Å². The van der Waals surface area contributed by atoms with Crippen LogP contribution in [0.1, 0.15) is 34.1 Å². The quantitative estimate of drug-likeness (QED) is 0.458. The summed E-state index contributed by atoms with van der Waals surface area (Å²) < 4.78 is 5.82. The molecule has 0 bridgehead atoms. The number of carbonyl (C=O) groups excluding carboxylic acids is 1. The average Bonchev–Trinajstić information content (AvgIpc) is 3.36. The van der Waals surface area contributed by atoms with Gasteiger partial charge in [0.2, 0.25) is 5.76 Å². The number of amides is 1. The molecule has 1 aliphatic carbocycles. The number of rotatable bonds is 5. The Morgan fingerprint density at radius 2 is 2.00 bits per heavy atom. The lowest BCUT2D eigenvalue weighted by atomic mass is 10.1. The van der Waals surface area contributed by atoms with Gasteiger partial charge >= 0.3 is 0 Å². The van der Waals surface area contributed by atoms with Crippen molar-refractivity contribution in [1.29, 1.82) is 0 Å². The maximum Gasteiger partial charge on any atom is 0.293 e. The zero-order valence-electron chi connectivity index (χ0n) is 15.8. The third-order valence-corrected chi connectivity index (χ3v) is 5.20. The van der Waals surface area contributed by atoms with Crippen molar-refractivity contribution in [3.8, 4) is 0 Å². The highest BCUT2D eigenvalue weighted by Gasteiger charge is 2.25. The molecule has 1 aromatic carbocycles. The summed E-state index contributed by atoms with van der Waals surface area (Å²) in [4.78, 5) is 32.0. The summed E-state index contributed by atoms with van der Waals surface area (Å²) in [6, 6.07) is 10.8. The molecule has 148 valence electrons. The van der Waals surface area contributed by atoms with Gasteiger partial charge in [-0.1, -0.05) is 11.2 Å². The van der Waals surface area contributed by atoms with Crippen LogP contribution in [0.15, 0.2) is 70.8 Å². The molecule has 8 nitrogen and oxygen atoms in total. The molecule has 0 spiro atoms. The first kappa shape index (κ1) is 18.0. The second kappa shape index (κ2) is 7.40. The smallest absolute Gasteiger partial charge is 0.293 e. The van der Waals surface area contributed by atoms with E-state index in [1.165, 1.54) is 0 Å². The van der Waals surface area contributed by atoms with E-state index in [9.17, 15) is 9.70 Å². The summed E-state index contributed by atoms with van der Waals surface area (Å²) in [5.74, 6) is -0.247. The normalized spacial score (nSPS) is 15.0. The molecule has 0 radical (unpaired) electrons. The van der Waals surface area contributed by atoms with Crippen LogP contribution in [-0.2, 0) is 6.42 Å². The van der Waals surface area contributed by atoms with E-state index in [2.05, 4.69) is 25.8 Å². The Balaban J connectivity index is 1.51. The number of aromatic nitrogens is 2. The van der Waals surface area contributed by atoms with Crippen LogP contribution in [0.3, 0.4) is 0 Å². The summed E-state index contributed by atoms with van der Waals surface area (Å²) in [7, 11) is 0. The van der Waals surface area contributed by atoms with Crippen molar-refractivity contribution in [3.05, 3.63) is 83.0 Å². The van der Waals surface area contributed by atoms with Crippen molar-refractivity contribution >= 4 is 33.9 Å². The highest BCUT2D eigenvalue weighted by molar-refractivity contribution is 6.12. The Bertz CT molecular complexity index is 1250. The average molecular weight is 399 g/mol. The number of pyridine rings is 2. The number of carbonyl (C=O) groups is 1. The summed E-state index contributed by atoms with van der Waals surface area (Å²) >= 11 is 0. The molecule has 1 amide bonds. The lowest BCUT2D eigenvalue weighted by molar-refractivity contribution is 0.0999. The zero-order valence-corrected chi connectivity index (χ0v) is 15.8. The van der Waals surface area contributed by atoms with Crippen LogP contribution in [0, 0.1) is 4.91 Å². The number of anilines is 3. The van der Waals surface area contributed by atoms with E-state index in [0.29, 0.717) is 17.0 Å². The first-order valence-corrected chi connectivity index (χ1v) is 9.53. The molecule has 30 heavy (non-hydrogen) atoms. The summed E-state index contributed by atoms with van der Waals surface area (Å²) in [5, 5.41) is 10.1. The largest absolute Gasteiger partial charge is 0.447 e. The standard InChI is InChI=1S/C22H17N5O3/c28-22(26-15-2-1-8-23-11-15)21-20(17-7-9-24-12-19(17)30-21)25-14-4-5-16-13(10-14)3-6-18(16)27-29/h1-2,4-5,7-12,18,25H,3,6H2,(H,26,28). The number of hydrogen-bond donors (Lipinski definition) is 2. The van der Waals surface area contributed by atoms with E-state index in [1.807, 2.05) is 18.2 Å². The minimum atomic E-state index is -0.395. The Labute approximate surface area is 171 Å². The van der Waals surface area contributed by atoms with Crippen LogP contribution < -0.4 is 10.6 Å². The number of aryl methyl sites for hydroxylation is 1. The molecule has 8 heteroatoms. The van der Waals surface area contributed by atoms with Gasteiger partial charge in [-0.2, -0.15) is 4.91 Å². The highest BCUT2D eigenvalue weighted by Crippen LogP contribution is 2.38. The van der Waals surface area contributed by atoms with Crippen molar-refractivity contribution in [2.75, 3.05) is 10.6 Å². The van der Waals surface area contributed by atoms with Crippen molar-refractivity contribution in [1.82, 2.24) is 9.97 Å². The van der Waals surface area contributed by atoms with Crippen LogP contribution in [0.4, 0.5) is 17.1 Å². The minimum Gasteiger partial charge on any atom is -0.447 e. The molecular weight excluding hydrogens is 382 g/mol. The number of furan rings is 1. The topological polar surface area (TPSA) is 109 Å². The minimum absolute atomic E-state index is 0.148. The van der Waals surface area contributed by atoms with Gasteiger partial charge in [-0.25, -0.2) is 0 Å². The molecule has 1 aliphatic rings. The lowest BCUT2D eigenvalue weighted by Crippen LogP contribution is -2.12. The van der Waals surface area contributed by atoms with Crippen molar-refractivity contribution in [2.24, 2.45) is 5.18 Å². The van der Waals surface area contributed by atoms with Gasteiger partial charge in [0, 0.05) is 23.5 Å². The second-order valence-electron chi connectivity index (χ2n) is 7.07. The van der Waals surface area contributed by atoms with Gasteiger partial charge in [0.05, 0.1) is 23.8 Å². The fourth-order valence-corrected chi connectivity index (χ4v) is 3.79. The maximum atomic E-state index is 12.9. The number of benzene rings is 1. The van der Waals surface area contributed by atoms with E-state index >= 15 is 0 Å². The molecule has 3 aromatic heterocycles. The van der Waals surface area contributed by atoms with E-state index in [0.717, 1.165) is 35.0 Å². The Morgan fingerprint density at radius 3 is 2.83 bits per heavy atom. The molecule has 0 fully saturated rings. The number of nitroso groups, excluding NO2 is 1. The first-order valence-electron chi connectivity index (χ1n) is 9.53. The van der Waals surface area contributed by atoms with E-state index in [4.69, 9.17) is 4.42 Å². The third-order valence-electron chi connectivity index (χ3n) is 5.20. The predicted molar refractivity (Wildman–Crippen MR) is 113 cm³/mol. The van der Waals surface area contributed by atoms with Crippen molar-refractivity contribution in [2.45, 2.75) is 18.9 Å². The fraction of sp³-hybridized carbons (Fsp3) is 0.136. The molecule has 3 heterocycles. The summed E-state index contributed by atoms with van der Waals surface area (Å²) in [5.41, 5.74) is 4.47.